The van der Waals surface area contributed by atoms with Gasteiger partial charge in [-0.15, -0.1) is 0 Å². The van der Waals surface area contributed by atoms with E-state index in [9.17, 15) is 0 Å². The predicted molar refractivity (Wildman–Crippen MR) is 39.1 cm³/mol. The standard InChI is InChI=1S/C7H11N3O/c1-2-6(4-8-3-1)7-9-5-11-10-7/h5-6,8H,1-4H2/t6-/m0/s1. The Bertz CT molecular complexity index is 203. The van der Waals surface area contributed by atoms with Crippen LogP contribution >= 0.6 is 0 Å². The largest absolute Gasteiger partial charge is 0.343 e. The molecule has 60 valence electrons. The van der Waals surface area contributed by atoms with Crippen LogP contribution in [0.4, 0.5) is 0 Å². The highest BCUT2D eigenvalue weighted by Crippen LogP contribution is 2.18. The van der Waals surface area contributed by atoms with Gasteiger partial charge in [0, 0.05) is 12.5 Å². The molecule has 0 aromatic carbocycles. The Morgan fingerprint density at radius 2 is 2.64 bits per heavy atom. The Balaban J connectivity index is 2.04. The predicted octanol–water partition coefficient (Wildman–Crippen LogP) is 0.537. The van der Waals surface area contributed by atoms with Gasteiger partial charge in [-0.2, -0.15) is 4.98 Å². The Hall–Kier alpha value is -0.900. The Kier molecular flexibility index (Phi) is 1.85. The number of nitrogens with one attached hydrogen (secondary N) is 1. The van der Waals surface area contributed by atoms with Gasteiger partial charge in [0.05, 0.1) is 0 Å². The van der Waals surface area contributed by atoms with Crippen molar-refractivity contribution in [1.29, 1.82) is 0 Å². The topological polar surface area (TPSA) is 51.0 Å². The Labute approximate surface area is 65.0 Å². The van der Waals surface area contributed by atoms with Crippen molar-refractivity contribution in [2.75, 3.05) is 13.1 Å². The lowest BCUT2D eigenvalue weighted by atomic mass is 9.99. The maximum Gasteiger partial charge on any atom is 0.213 e. The summed E-state index contributed by atoms with van der Waals surface area (Å²) >= 11 is 0. The van der Waals surface area contributed by atoms with Crippen LogP contribution in [0.5, 0.6) is 0 Å². The molecule has 1 N–H and O–H groups in total. The second-order valence-corrected chi connectivity index (χ2v) is 2.83. The molecule has 4 nitrogen and oxygen atoms in total. The summed E-state index contributed by atoms with van der Waals surface area (Å²) in [7, 11) is 0. The van der Waals surface area contributed by atoms with E-state index >= 15 is 0 Å². The van der Waals surface area contributed by atoms with Gasteiger partial charge in [0.15, 0.2) is 5.82 Å². The highest BCUT2D eigenvalue weighted by Gasteiger charge is 2.18. The molecule has 0 radical (unpaired) electrons. The van der Waals surface area contributed by atoms with Crippen molar-refractivity contribution in [2.24, 2.45) is 0 Å². The smallest absolute Gasteiger partial charge is 0.213 e. The second-order valence-electron chi connectivity index (χ2n) is 2.83. The van der Waals surface area contributed by atoms with Gasteiger partial charge < -0.3 is 9.84 Å². The highest BCUT2D eigenvalue weighted by molar-refractivity contribution is 4.94. The summed E-state index contributed by atoms with van der Waals surface area (Å²) in [5.41, 5.74) is 0. The Morgan fingerprint density at radius 1 is 1.64 bits per heavy atom. The minimum absolute atomic E-state index is 0.461. The first-order valence-corrected chi connectivity index (χ1v) is 3.94. The van der Waals surface area contributed by atoms with Gasteiger partial charge in [-0.3, -0.25) is 0 Å². The van der Waals surface area contributed by atoms with Crippen LogP contribution in [0.2, 0.25) is 0 Å². The second kappa shape index (κ2) is 3.00. The van der Waals surface area contributed by atoms with Gasteiger partial charge in [-0.05, 0) is 19.4 Å². The summed E-state index contributed by atoms with van der Waals surface area (Å²) in [6.45, 7) is 2.11. The number of piperidine rings is 1. The van der Waals surface area contributed by atoms with Gasteiger partial charge in [0.1, 0.15) is 0 Å². The van der Waals surface area contributed by atoms with E-state index in [4.69, 9.17) is 0 Å². The molecule has 1 saturated heterocycles. The van der Waals surface area contributed by atoms with Gasteiger partial charge in [0.25, 0.3) is 0 Å². The molecular formula is C7H11N3O. The first-order valence-electron chi connectivity index (χ1n) is 3.94. The molecule has 1 aromatic rings. The summed E-state index contributed by atoms with van der Waals surface area (Å²) in [5.74, 6) is 1.31. The summed E-state index contributed by atoms with van der Waals surface area (Å²) < 4.78 is 4.68. The fraction of sp³-hybridized carbons (Fsp3) is 0.714. The quantitative estimate of drug-likeness (QED) is 0.639. The molecule has 2 rings (SSSR count). The molecule has 11 heavy (non-hydrogen) atoms. The maximum atomic E-state index is 4.68. The van der Waals surface area contributed by atoms with Crippen LogP contribution in [0, 0.1) is 0 Å². The van der Waals surface area contributed by atoms with Crippen molar-refractivity contribution in [3.63, 3.8) is 0 Å². The number of hydrogen-bond donors (Lipinski definition) is 1. The lowest BCUT2D eigenvalue weighted by Crippen LogP contribution is -2.28. The molecule has 1 atom stereocenters. The number of nitrogens with zero attached hydrogens (tertiary/aromatic N) is 2. The van der Waals surface area contributed by atoms with E-state index < -0.39 is 0 Å². The molecule has 0 amide bonds. The molecular weight excluding hydrogens is 142 g/mol. The lowest BCUT2D eigenvalue weighted by Gasteiger charge is -2.19. The lowest BCUT2D eigenvalue weighted by molar-refractivity contribution is 0.386. The molecule has 4 heteroatoms. The molecule has 1 aliphatic rings. The van der Waals surface area contributed by atoms with E-state index in [1.54, 1.807) is 0 Å². The van der Waals surface area contributed by atoms with Gasteiger partial charge in [0.2, 0.25) is 6.39 Å². The summed E-state index contributed by atoms with van der Waals surface area (Å²) in [6.07, 6.45) is 3.77. The molecule has 0 spiro atoms. The van der Waals surface area contributed by atoms with E-state index in [0.29, 0.717) is 5.92 Å². The summed E-state index contributed by atoms with van der Waals surface area (Å²) in [6, 6.07) is 0. The van der Waals surface area contributed by atoms with E-state index in [-0.39, 0.29) is 0 Å². The molecule has 0 bridgehead atoms. The zero-order valence-electron chi connectivity index (χ0n) is 6.29. The van der Waals surface area contributed by atoms with Crippen molar-refractivity contribution in [1.82, 2.24) is 15.5 Å². The van der Waals surface area contributed by atoms with Crippen molar-refractivity contribution >= 4 is 0 Å². The minimum Gasteiger partial charge on any atom is -0.343 e. The van der Waals surface area contributed by atoms with Gasteiger partial charge in [-0.1, -0.05) is 5.16 Å². The molecule has 0 aliphatic carbocycles. The zero-order chi connectivity index (χ0) is 7.52. The van der Waals surface area contributed by atoms with E-state index in [0.717, 1.165) is 18.9 Å². The van der Waals surface area contributed by atoms with Crippen molar-refractivity contribution < 1.29 is 4.52 Å². The number of rotatable bonds is 1. The molecule has 2 heterocycles. The highest BCUT2D eigenvalue weighted by atomic mass is 16.5. The van der Waals surface area contributed by atoms with Gasteiger partial charge in [-0.25, -0.2) is 0 Å². The van der Waals surface area contributed by atoms with E-state index in [2.05, 4.69) is 20.0 Å². The number of hydrogen-bond acceptors (Lipinski definition) is 4. The fourth-order valence-electron chi connectivity index (χ4n) is 1.43. The molecule has 0 unspecified atom stereocenters. The third-order valence-corrected chi connectivity index (χ3v) is 2.04. The van der Waals surface area contributed by atoms with Crippen LogP contribution in [-0.4, -0.2) is 23.2 Å². The van der Waals surface area contributed by atoms with Crippen molar-refractivity contribution in [3.8, 4) is 0 Å². The van der Waals surface area contributed by atoms with Crippen molar-refractivity contribution in [2.45, 2.75) is 18.8 Å². The van der Waals surface area contributed by atoms with Gasteiger partial charge >= 0.3 is 0 Å². The molecule has 0 saturated carbocycles. The van der Waals surface area contributed by atoms with E-state index in [1.807, 2.05) is 0 Å². The Morgan fingerprint density at radius 3 is 3.27 bits per heavy atom. The normalized spacial score (nSPS) is 25.3. The number of aromatic nitrogens is 2. The summed E-state index contributed by atoms with van der Waals surface area (Å²) in [5, 5.41) is 7.12. The average molecular weight is 153 g/mol. The van der Waals surface area contributed by atoms with Crippen LogP contribution in [0.15, 0.2) is 10.9 Å². The van der Waals surface area contributed by atoms with Crippen LogP contribution in [0.25, 0.3) is 0 Å². The zero-order valence-corrected chi connectivity index (χ0v) is 6.29. The maximum absolute atomic E-state index is 4.68. The molecule has 1 aromatic heterocycles. The molecule has 1 aliphatic heterocycles. The summed E-state index contributed by atoms with van der Waals surface area (Å²) in [4.78, 5) is 4.02. The van der Waals surface area contributed by atoms with E-state index in [1.165, 1.54) is 19.2 Å². The van der Waals surface area contributed by atoms with Crippen LogP contribution in [0.1, 0.15) is 24.6 Å². The first-order chi connectivity index (χ1) is 5.47. The fourth-order valence-corrected chi connectivity index (χ4v) is 1.43. The van der Waals surface area contributed by atoms with Crippen LogP contribution in [0.3, 0.4) is 0 Å². The third kappa shape index (κ3) is 1.40. The monoisotopic (exact) mass is 153 g/mol. The first kappa shape index (κ1) is 6.79. The van der Waals surface area contributed by atoms with Crippen LogP contribution < -0.4 is 5.32 Å². The third-order valence-electron chi connectivity index (χ3n) is 2.04. The molecule has 1 fully saturated rings. The van der Waals surface area contributed by atoms with Crippen LogP contribution in [-0.2, 0) is 0 Å². The minimum atomic E-state index is 0.461. The SMILES string of the molecule is c1nc([C@H]2CCCNC2)no1. The van der Waals surface area contributed by atoms with Crippen molar-refractivity contribution in [3.05, 3.63) is 12.2 Å². The average Bonchev–Trinajstić information content (AvgIpc) is 2.58.